The van der Waals surface area contributed by atoms with E-state index in [0.717, 1.165) is 16.7 Å². The maximum absolute atomic E-state index is 10.2. The molecule has 0 aliphatic rings. The number of rotatable bonds is 2. The van der Waals surface area contributed by atoms with Crippen LogP contribution in [0.15, 0.2) is 78.9 Å². The topological polar surface area (TPSA) is 41.9 Å². The molecule has 4 rings (SSSR count). The van der Waals surface area contributed by atoms with Crippen LogP contribution in [0.5, 0.6) is 5.75 Å². The predicted molar refractivity (Wildman–Crippen MR) is 84.3 cm³/mol. The van der Waals surface area contributed by atoms with Crippen molar-refractivity contribution in [3.8, 4) is 17.1 Å². The highest BCUT2D eigenvalue weighted by molar-refractivity contribution is 5.71. The Kier molecular flexibility index (Phi) is 2.86. The Balaban J connectivity index is 2.09. The van der Waals surface area contributed by atoms with Gasteiger partial charge in [0, 0.05) is 0 Å². The molecule has 4 aromatic rings. The van der Waals surface area contributed by atoms with Gasteiger partial charge >= 0.3 is 0 Å². The van der Waals surface area contributed by atoms with Crippen molar-refractivity contribution in [1.29, 1.82) is 0 Å². The van der Waals surface area contributed by atoms with E-state index >= 15 is 0 Å². The molecule has 0 amide bonds. The summed E-state index contributed by atoms with van der Waals surface area (Å²) in [5.74, 6) is 0.194. The van der Waals surface area contributed by atoms with Crippen LogP contribution in [0.3, 0.4) is 0 Å². The summed E-state index contributed by atoms with van der Waals surface area (Å²) in [4.78, 5) is 1.73. The quantitative estimate of drug-likeness (QED) is 0.576. The highest BCUT2D eigenvalue weighted by Crippen LogP contribution is 2.21. The molecule has 0 spiro atoms. The number of hydrogen-bond acceptors (Lipinski definition) is 2. The monoisotopic (exact) mass is 288 g/mol. The van der Waals surface area contributed by atoms with E-state index in [1.54, 1.807) is 16.9 Å². The van der Waals surface area contributed by atoms with Crippen LogP contribution in [0.2, 0.25) is 0 Å². The largest absolute Gasteiger partial charge is 0.505 e. The molecule has 0 aliphatic heterocycles. The van der Waals surface area contributed by atoms with Gasteiger partial charge in [-0.3, -0.25) is 0 Å². The second kappa shape index (κ2) is 5.00. The van der Waals surface area contributed by atoms with Crippen LogP contribution in [0.1, 0.15) is 0 Å². The number of phenolic OH excluding ortho intramolecular Hbond substituents is 1. The summed E-state index contributed by atoms with van der Waals surface area (Å²) < 4.78 is 1.99. The van der Waals surface area contributed by atoms with Crippen molar-refractivity contribution in [3.63, 3.8) is 0 Å². The summed E-state index contributed by atoms with van der Waals surface area (Å²) in [6, 6.07) is 25.1. The van der Waals surface area contributed by atoms with Crippen LogP contribution in [0.25, 0.3) is 22.4 Å². The van der Waals surface area contributed by atoms with Crippen molar-refractivity contribution < 1.29 is 9.79 Å². The first kappa shape index (κ1) is 12.6. The molecule has 0 saturated carbocycles. The van der Waals surface area contributed by atoms with Crippen LogP contribution in [-0.4, -0.2) is 15.0 Å². The summed E-state index contributed by atoms with van der Waals surface area (Å²) in [6.45, 7) is 0. The molecule has 106 valence electrons. The van der Waals surface area contributed by atoms with Gasteiger partial charge in [0.1, 0.15) is 5.75 Å². The van der Waals surface area contributed by atoms with Crippen LogP contribution in [-0.2, 0) is 0 Å². The van der Waals surface area contributed by atoms with E-state index in [1.165, 1.54) is 0 Å². The number of para-hydroxylation sites is 4. The van der Waals surface area contributed by atoms with Gasteiger partial charge in [0.2, 0.25) is 11.0 Å². The highest BCUT2D eigenvalue weighted by atomic mass is 16.3. The lowest BCUT2D eigenvalue weighted by Crippen LogP contribution is -2.40. The van der Waals surface area contributed by atoms with Gasteiger partial charge in [-0.1, -0.05) is 42.5 Å². The third-order valence-electron chi connectivity index (χ3n) is 3.60. The number of aromatic hydroxyl groups is 1. The first-order valence-electron chi connectivity index (χ1n) is 7.08. The molecular formula is C18H14N3O+. The van der Waals surface area contributed by atoms with Gasteiger partial charge in [-0.25, -0.2) is 0 Å². The Labute approximate surface area is 127 Å². The van der Waals surface area contributed by atoms with Crippen molar-refractivity contribution in [2.45, 2.75) is 0 Å². The van der Waals surface area contributed by atoms with Crippen molar-refractivity contribution >= 4 is 11.0 Å². The Morgan fingerprint density at radius 3 is 2.27 bits per heavy atom. The summed E-state index contributed by atoms with van der Waals surface area (Å²) in [5, 5.41) is 14.8. The normalized spacial score (nSPS) is 10.9. The van der Waals surface area contributed by atoms with Crippen LogP contribution in [0, 0.1) is 0 Å². The second-order valence-electron chi connectivity index (χ2n) is 5.01. The molecule has 1 heterocycles. The molecule has 0 saturated heterocycles. The summed E-state index contributed by atoms with van der Waals surface area (Å²) in [5.41, 5.74) is 3.48. The molecule has 4 heteroatoms. The van der Waals surface area contributed by atoms with E-state index in [2.05, 4.69) is 5.10 Å². The SMILES string of the molecule is Oc1ccccc1-n1nc2ccccc2[n+]1-c1ccccc1. The van der Waals surface area contributed by atoms with Crippen LogP contribution in [0.4, 0.5) is 0 Å². The fourth-order valence-electron chi connectivity index (χ4n) is 2.59. The fraction of sp³-hybridized carbons (Fsp3) is 0. The molecule has 4 nitrogen and oxygen atoms in total. The van der Waals surface area contributed by atoms with E-state index in [9.17, 15) is 5.11 Å². The zero-order chi connectivity index (χ0) is 14.9. The first-order chi connectivity index (χ1) is 10.8. The molecule has 22 heavy (non-hydrogen) atoms. The van der Waals surface area contributed by atoms with E-state index < -0.39 is 0 Å². The molecule has 3 aromatic carbocycles. The van der Waals surface area contributed by atoms with Gasteiger partial charge < -0.3 is 5.11 Å². The minimum absolute atomic E-state index is 0.194. The molecule has 0 radical (unpaired) electrons. The molecule has 0 unspecified atom stereocenters. The first-order valence-corrected chi connectivity index (χ1v) is 7.08. The Morgan fingerprint density at radius 2 is 1.45 bits per heavy atom. The molecule has 0 atom stereocenters. The minimum Gasteiger partial charge on any atom is -0.505 e. The molecule has 1 N–H and O–H groups in total. The zero-order valence-electron chi connectivity index (χ0n) is 11.8. The lowest BCUT2D eigenvalue weighted by atomic mass is 10.3. The summed E-state index contributed by atoms with van der Waals surface area (Å²) >= 11 is 0. The maximum Gasteiger partial charge on any atom is 0.250 e. The molecule has 0 fully saturated rings. The summed E-state index contributed by atoms with van der Waals surface area (Å²) in [6.07, 6.45) is 0. The van der Waals surface area contributed by atoms with E-state index in [4.69, 9.17) is 0 Å². The molecular weight excluding hydrogens is 274 g/mol. The number of nitrogens with zero attached hydrogens (tertiary/aromatic N) is 3. The van der Waals surface area contributed by atoms with Crippen LogP contribution < -0.4 is 4.68 Å². The highest BCUT2D eigenvalue weighted by Gasteiger charge is 2.23. The van der Waals surface area contributed by atoms with E-state index in [0.29, 0.717) is 5.69 Å². The van der Waals surface area contributed by atoms with Gasteiger partial charge in [0.25, 0.3) is 0 Å². The van der Waals surface area contributed by atoms with Crippen LogP contribution >= 0.6 is 0 Å². The van der Waals surface area contributed by atoms with Crippen molar-refractivity contribution in [2.24, 2.45) is 0 Å². The fourth-order valence-corrected chi connectivity index (χ4v) is 2.59. The standard InChI is InChI=1S/C18H13N3O/c22-18-13-7-6-12-17(18)21-19-15-10-4-5-11-16(15)20(21)14-8-2-1-3-9-14/h1-13H/p+1. The van der Waals surface area contributed by atoms with Gasteiger partial charge in [-0.15, -0.1) is 4.68 Å². The zero-order valence-corrected chi connectivity index (χ0v) is 11.8. The third kappa shape index (κ3) is 1.93. The number of phenols is 1. The minimum atomic E-state index is 0.194. The Hall–Kier alpha value is -3.14. The maximum atomic E-state index is 10.2. The lowest BCUT2D eigenvalue weighted by molar-refractivity contribution is -0.655. The average Bonchev–Trinajstić information content (AvgIpc) is 2.95. The molecule has 0 bridgehead atoms. The van der Waals surface area contributed by atoms with Gasteiger partial charge in [0.05, 0.1) is 5.10 Å². The Bertz CT molecular complexity index is 945. The smallest absolute Gasteiger partial charge is 0.250 e. The number of hydrogen-bond donors (Lipinski definition) is 1. The molecule has 1 aromatic heterocycles. The van der Waals surface area contributed by atoms with E-state index in [-0.39, 0.29) is 5.75 Å². The van der Waals surface area contributed by atoms with Crippen molar-refractivity contribution in [3.05, 3.63) is 78.9 Å². The third-order valence-corrected chi connectivity index (χ3v) is 3.60. The van der Waals surface area contributed by atoms with Crippen molar-refractivity contribution in [1.82, 2.24) is 9.90 Å². The van der Waals surface area contributed by atoms with Crippen molar-refractivity contribution in [2.75, 3.05) is 0 Å². The predicted octanol–water partition coefficient (Wildman–Crippen LogP) is 3.01. The lowest BCUT2D eigenvalue weighted by Gasteiger charge is -2.04. The number of fused-ring (bicyclic) bond motifs is 1. The van der Waals surface area contributed by atoms with Gasteiger partial charge in [-0.2, -0.15) is 0 Å². The number of aromatic nitrogens is 3. The van der Waals surface area contributed by atoms with E-state index in [1.807, 2.05) is 71.4 Å². The molecule has 0 aliphatic carbocycles. The van der Waals surface area contributed by atoms with Gasteiger partial charge in [0.15, 0.2) is 11.4 Å². The van der Waals surface area contributed by atoms with Gasteiger partial charge in [-0.05, 0) is 41.2 Å². The summed E-state index contributed by atoms with van der Waals surface area (Å²) in [7, 11) is 0. The second-order valence-corrected chi connectivity index (χ2v) is 5.01. The average molecular weight is 288 g/mol. The number of benzene rings is 3. The Morgan fingerprint density at radius 1 is 0.773 bits per heavy atom.